The van der Waals surface area contributed by atoms with Crippen molar-refractivity contribution in [2.45, 2.75) is 13.0 Å². The Kier molecular flexibility index (Phi) is 3.57. The summed E-state index contributed by atoms with van der Waals surface area (Å²) >= 11 is 0. The van der Waals surface area contributed by atoms with E-state index in [1.165, 1.54) is 0 Å². The van der Waals surface area contributed by atoms with E-state index in [4.69, 9.17) is 5.73 Å². The van der Waals surface area contributed by atoms with Gasteiger partial charge in [-0.2, -0.15) is 0 Å². The minimum absolute atomic E-state index is 0.00573. The molecule has 1 amide bonds. The van der Waals surface area contributed by atoms with Crippen LogP contribution in [0.4, 0.5) is 5.69 Å². The fourth-order valence-corrected chi connectivity index (χ4v) is 1.69. The van der Waals surface area contributed by atoms with Crippen molar-refractivity contribution in [2.24, 2.45) is 0 Å². The van der Waals surface area contributed by atoms with E-state index in [9.17, 15) is 4.79 Å². The lowest BCUT2D eigenvalue weighted by atomic mass is 10.2. The number of nitrogens with one attached hydrogen (secondary N) is 1. The van der Waals surface area contributed by atoms with Crippen LogP contribution in [-0.4, -0.2) is 27.5 Å². The van der Waals surface area contributed by atoms with Crippen molar-refractivity contribution in [1.82, 2.24) is 19.9 Å². The van der Waals surface area contributed by atoms with Gasteiger partial charge in [0.1, 0.15) is 0 Å². The van der Waals surface area contributed by atoms with Gasteiger partial charge in [-0.15, -0.1) is 0 Å². The van der Waals surface area contributed by atoms with E-state index in [0.29, 0.717) is 18.7 Å². The summed E-state index contributed by atoms with van der Waals surface area (Å²) in [6.07, 6.45) is 7.15. The average molecular weight is 245 g/mol. The molecule has 0 radical (unpaired) electrons. The molecule has 6 heteroatoms. The molecular formula is C12H15N5O. The third kappa shape index (κ3) is 2.48. The van der Waals surface area contributed by atoms with Crippen LogP contribution in [0, 0.1) is 0 Å². The Balaban J connectivity index is 2.23. The van der Waals surface area contributed by atoms with Crippen molar-refractivity contribution < 1.29 is 4.79 Å². The highest BCUT2D eigenvalue weighted by atomic mass is 16.1. The van der Waals surface area contributed by atoms with Gasteiger partial charge in [0.15, 0.2) is 0 Å². The minimum atomic E-state index is -0.00573. The van der Waals surface area contributed by atoms with Gasteiger partial charge in [0.05, 0.1) is 18.2 Å². The zero-order valence-electron chi connectivity index (χ0n) is 10.1. The van der Waals surface area contributed by atoms with E-state index in [-0.39, 0.29) is 5.91 Å². The second kappa shape index (κ2) is 5.31. The Morgan fingerprint density at radius 3 is 3.00 bits per heavy atom. The van der Waals surface area contributed by atoms with Gasteiger partial charge in [0.25, 0.3) is 0 Å². The standard InChI is InChI=1S/C12H15N5O/c1-14-12(18)3-5-17-8-16-7-11(17)9-6-15-4-2-10(9)13/h2,4,6-8H,3,5H2,1H3,(H2,13,15)(H,14,18). The molecule has 0 aliphatic rings. The number of hydrogen-bond donors (Lipinski definition) is 2. The van der Waals surface area contributed by atoms with Gasteiger partial charge in [0, 0.05) is 43.7 Å². The Hall–Kier alpha value is -2.37. The van der Waals surface area contributed by atoms with Crippen molar-refractivity contribution in [3.05, 3.63) is 31.0 Å². The highest BCUT2D eigenvalue weighted by Gasteiger charge is 2.09. The largest absolute Gasteiger partial charge is 0.398 e. The fraction of sp³-hybridized carbons (Fsp3) is 0.250. The van der Waals surface area contributed by atoms with Gasteiger partial charge in [-0.25, -0.2) is 4.98 Å². The summed E-state index contributed by atoms with van der Waals surface area (Å²) in [7, 11) is 1.62. The SMILES string of the molecule is CNC(=O)CCn1cncc1-c1cnccc1N. The lowest BCUT2D eigenvalue weighted by Crippen LogP contribution is -2.19. The van der Waals surface area contributed by atoms with E-state index in [0.717, 1.165) is 11.3 Å². The Labute approximate surface area is 105 Å². The first-order valence-corrected chi connectivity index (χ1v) is 5.63. The van der Waals surface area contributed by atoms with E-state index < -0.39 is 0 Å². The number of nitrogens with two attached hydrogens (primary N) is 1. The maximum atomic E-state index is 11.2. The van der Waals surface area contributed by atoms with Gasteiger partial charge in [-0.1, -0.05) is 0 Å². The molecule has 3 N–H and O–H groups in total. The van der Waals surface area contributed by atoms with Gasteiger partial charge < -0.3 is 15.6 Å². The molecule has 0 aliphatic heterocycles. The third-order valence-corrected chi connectivity index (χ3v) is 2.70. The molecule has 2 aromatic heterocycles. The van der Waals surface area contributed by atoms with Crippen molar-refractivity contribution in [2.75, 3.05) is 12.8 Å². The number of pyridine rings is 1. The highest BCUT2D eigenvalue weighted by molar-refractivity contribution is 5.76. The summed E-state index contributed by atoms with van der Waals surface area (Å²) < 4.78 is 1.89. The molecule has 0 saturated carbocycles. The summed E-state index contributed by atoms with van der Waals surface area (Å²) in [5.41, 5.74) is 8.24. The molecule has 0 spiro atoms. The number of carbonyl (C=O) groups is 1. The van der Waals surface area contributed by atoms with Crippen LogP contribution in [0.25, 0.3) is 11.3 Å². The maximum Gasteiger partial charge on any atom is 0.221 e. The Morgan fingerprint density at radius 2 is 2.28 bits per heavy atom. The molecule has 0 fully saturated rings. The molecule has 18 heavy (non-hydrogen) atoms. The van der Waals surface area contributed by atoms with E-state index in [1.807, 2.05) is 4.57 Å². The molecule has 94 valence electrons. The Bertz CT molecular complexity index is 549. The summed E-state index contributed by atoms with van der Waals surface area (Å²) in [6.45, 7) is 0.559. The monoisotopic (exact) mass is 245 g/mol. The lowest BCUT2D eigenvalue weighted by Gasteiger charge is -2.09. The second-order valence-electron chi connectivity index (χ2n) is 3.86. The first-order valence-electron chi connectivity index (χ1n) is 5.63. The number of aromatic nitrogens is 3. The summed E-state index contributed by atoms with van der Waals surface area (Å²) in [6, 6.07) is 1.74. The van der Waals surface area contributed by atoms with E-state index >= 15 is 0 Å². The Morgan fingerprint density at radius 1 is 1.44 bits per heavy atom. The molecule has 0 atom stereocenters. The number of rotatable bonds is 4. The van der Waals surface area contributed by atoms with Crippen LogP contribution < -0.4 is 11.1 Å². The number of nitrogens with zero attached hydrogens (tertiary/aromatic N) is 3. The molecule has 0 saturated heterocycles. The average Bonchev–Trinajstić information content (AvgIpc) is 2.84. The van der Waals surface area contributed by atoms with Gasteiger partial charge in [-0.05, 0) is 6.07 Å². The van der Waals surface area contributed by atoms with Gasteiger partial charge >= 0.3 is 0 Å². The van der Waals surface area contributed by atoms with Crippen molar-refractivity contribution in [3.63, 3.8) is 0 Å². The van der Waals surface area contributed by atoms with Crippen LogP contribution in [0.5, 0.6) is 0 Å². The maximum absolute atomic E-state index is 11.2. The molecule has 0 unspecified atom stereocenters. The number of amides is 1. The van der Waals surface area contributed by atoms with Gasteiger partial charge in [-0.3, -0.25) is 9.78 Å². The number of carbonyl (C=O) groups excluding carboxylic acids is 1. The number of aryl methyl sites for hydroxylation is 1. The normalized spacial score (nSPS) is 10.3. The van der Waals surface area contributed by atoms with Crippen LogP contribution in [0.3, 0.4) is 0 Å². The molecule has 0 aromatic carbocycles. The van der Waals surface area contributed by atoms with Crippen LogP contribution >= 0.6 is 0 Å². The third-order valence-electron chi connectivity index (χ3n) is 2.70. The summed E-state index contributed by atoms with van der Waals surface area (Å²) in [5.74, 6) is -0.00573. The molecule has 2 aromatic rings. The van der Waals surface area contributed by atoms with Crippen molar-refractivity contribution in [3.8, 4) is 11.3 Å². The lowest BCUT2D eigenvalue weighted by molar-refractivity contribution is -0.120. The van der Waals surface area contributed by atoms with E-state index in [1.54, 1.807) is 38.0 Å². The first-order chi connectivity index (χ1) is 8.72. The fourth-order valence-electron chi connectivity index (χ4n) is 1.69. The second-order valence-corrected chi connectivity index (χ2v) is 3.86. The minimum Gasteiger partial charge on any atom is -0.398 e. The summed E-state index contributed by atoms with van der Waals surface area (Å²) in [4.78, 5) is 19.4. The van der Waals surface area contributed by atoms with Crippen LogP contribution in [0.1, 0.15) is 6.42 Å². The molecule has 0 aliphatic carbocycles. The van der Waals surface area contributed by atoms with Crippen LogP contribution in [0.2, 0.25) is 0 Å². The molecule has 6 nitrogen and oxygen atoms in total. The van der Waals surface area contributed by atoms with Crippen LogP contribution in [-0.2, 0) is 11.3 Å². The first kappa shape index (κ1) is 12.1. The predicted molar refractivity (Wildman–Crippen MR) is 68.6 cm³/mol. The zero-order chi connectivity index (χ0) is 13.0. The molecule has 0 bridgehead atoms. The quantitative estimate of drug-likeness (QED) is 0.828. The van der Waals surface area contributed by atoms with Crippen molar-refractivity contribution in [1.29, 1.82) is 0 Å². The van der Waals surface area contributed by atoms with Crippen LogP contribution in [0.15, 0.2) is 31.0 Å². The molecule has 2 rings (SSSR count). The highest BCUT2D eigenvalue weighted by Crippen LogP contribution is 2.24. The molecule has 2 heterocycles. The number of hydrogen-bond acceptors (Lipinski definition) is 4. The van der Waals surface area contributed by atoms with Crippen molar-refractivity contribution >= 4 is 11.6 Å². The smallest absolute Gasteiger partial charge is 0.221 e. The molecular weight excluding hydrogens is 230 g/mol. The van der Waals surface area contributed by atoms with E-state index in [2.05, 4.69) is 15.3 Å². The summed E-state index contributed by atoms with van der Waals surface area (Å²) in [5, 5.41) is 2.59. The predicted octanol–water partition coefficient (Wildman–Crippen LogP) is 0.663. The van der Waals surface area contributed by atoms with Gasteiger partial charge in [0.2, 0.25) is 5.91 Å². The number of anilines is 1. The number of imidazole rings is 1. The topological polar surface area (TPSA) is 85.8 Å². The number of nitrogen functional groups attached to an aromatic ring is 1. The zero-order valence-corrected chi connectivity index (χ0v) is 10.1.